The topological polar surface area (TPSA) is 81.4 Å². The van der Waals surface area contributed by atoms with Crippen LogP contribution >= 0.6 is 0 Å². The van der Waals surface area contributed by atoms with Crippen molar-refractivity contribution in [3.63, 3.8) is 0 Å². The van der Waals surface area contributed by atoms with Gasteiger partial charge in [0.2, 0.25) is 19.7 Å². The van der Waals surface area contributed by atoms with Gasteiger partial charge >= 0.3 is 0 Å². The Morgan fingerprint density at radius 1 is 0.407 bits per heavy atom. The van der Waals surface area contributed by atoms with Gasteiger partial charge in [0, 0.05) is 27.2 Å². The van der Waals surface area contributed by atoms with E-state index in [2.05, 4.69) is 82.3 Å². The van der Waals surface area contributed by atoms with Crippen LogP contribution in [0.1, 0.15) is 49.9 Å². The van der Waals surface area contributed by atoms with Crippen molar-refractivity contribution in [2.75, 3.05) is 0 Å². The smallest absolute Gasteiger partial charge is 0.207 e. The van der Waals surface area contributed by atoms with E-state index in [1.807, 2.05) is 60.7 Å². The Labute approximate surface area is 342 Å². The van der Waals surface area contributed by atoms with Gasteiger partial charge in [-0.05, 0) is 114 Å². The molecule has 59 heavy (non-hydrogen) atoms. The zero-order valence-electron chi connectivity index (χ0n) is 32.7. The second-order valence-corrected chi connectivity index (χ2v) is 21.0. The van der Waals surface area contributed by atoms with E-state index >= 15 is 0 Å². The van der Waals surface area contributed by atoms with Crippen LogP contribution < -0.4 is 0 Å². The highest BCUT2D eigenvalue weighted by Gasteiger charge is 2.42. The van der Waals surface area contributed by atoms with E-state index in [-0.39, 0.29) is 0 Å². The summed E-state index contributed by atoms with van der Waals surface area (Å²) >= 11 is 0. The molecule has 12 rings (SSSR count). The van der Waals surface area contributed by atoms with Crippen LogP contribution in [0.2, 0.25) is 0 Å². The van der Waals surface area contributed by atoms with Gasteiger partial charge in [0.1, 0.15) is 11.2 Å². The zero-order chi connectivity index (χ0) is 40.4. The summed E-state index contributed by atoms with van der Waals surface area (Å²) in [5.41, 5.74) is 11.1. The Hall–Kier alpha value is -6.28. The molecule has 3 aliphatic rings. The summed E-state index contributed by atoms with van der Waals surface area (Å²) in [6.07, 6.45) is 0. The summed E-state index contributed by atoms with van der Waals surface area (Å²) in [7, 11) is -7.59. The molecule has 0 N–H and O–H groups in total. The molecular formula is C52H36O5S2. The lowest BCUT2D eigenvalue weighted by Gasteiger charge is -2.35. The molecule has 9 aromatic rings. The normalized spacial score (nSPS) is 16.9. The predicted octanol–water partition coefficient (Wildman–Crippen LogP) is 12.7. The van der Waals surface area contributed by atoms with Gasteiger partial charge in [-0.25, -0.2) is 16.8 Å². The highest BCUT2D eigenvalue weighted by molar-refractivity contribution is 7.92. The van der Waals surface area contributed by atoms with Crippen LogP contribution in [0, 0.1) is 0 Å². The maximum absolute atomic E-state index is 14.5. The number of rotatable bonds is 2. The molecule has 0 amide bonds. The molecule has 286 valence electrons. The van der Waals surface area contributed by atoms with Crippen molar-refractivity contribution in [1.29, 1.82) is 0 Å². The minimum absolute atomic E-state index is 0.321. The van der Waals surface area contributed by atoms with Crippen molar-refractivity contribution in [2.45, 2.75) is 58.1 Å². The fourth-order valence-electron chi connectivity index (χ4n) is 10.5. The Morgan fingerprint density at radius 3 is 1.58 bits per heavy atom. The Kier molecular flexibility index (Phi) is 6.63. The van der Waals surface area contributed by atoms with E-state index in [9.17, 15) is 16.8 Å². The fourth-order valence-corrected chi connectivity index (χ4v) is 14.5. The highest BCUT2D eigenvalue weighted by Crippen LogP contribution is 2.56. The minimum atomic E-state index is -3.83. The summed E-state index contributed by atoms with van der Waals surface area (Å²) in [4.78, 5) is 1.34. The molecule has 0 unspecified atom stereocenters. The van der Waals surface area contributed by atoms with Gasteiger partial charge in [0.05, 0.1) is 19.6 Å². The number of hydrogen-bond acceptors (Lipinski definition) is 5. The standard InChI is InChI=1S/C52H36O5S2/c1-51(2)37-15-5-7-17-43(37)58(53,54)45-26-31(20-23-39(45)51)30-19-22-34-41(25-30)57-42-28-36-33-13-9-11-29-12-10-14-35(47(29)33)49(36)48(50(34)42)32-21-24-40-46(27-32)59(55,56)44-18-8-6-16-38(44)52(40,3)4/h5-28H,1-4H3. The number of benzene rings is 8. The lowest BCUT2D eigenvalue weighted by Crippen LogP contribution is -2.29. The molecule has 8 aromatic carbocycles. The molecule has 0 spiro atoms. The van der Waals surface area contributed by atoms with Crippen LogP contribution in [-0.2, 0) is 30.5 Å². The van der Waals surface area contributed by atoms with Crippen molar-refractivity contribution in [2.24, 2.45) is 0 Å². The molecule has 0 bridgehead atoms. The molecule has 0 saturated heterocycles. The van der Waals surface area contributed by atoms with Gasteiger partial charge in [0.25, 0.3) is 0 Å². The predicted molar refractivity (Wildman–Crippen MR) is 235 cm³/mol. The van der Waals surface area contributed by atoms with Crippen molar-refractivity contribution in [1.82, 2.24) is 0 Å². The van der Waals surface area contributed by atoms with Crippen LogP contribution in [0.3, 0.4) is 0 Å². The molecule has 3 heterocycles. The van der Waals surface area contributed by atoms with E-state index in [0.29, 0.717) is 30.7 Å². The number of furan rings is 1. The number of fused-ring (bicyclic) bond motifs is 10. The summed E-state index contributed by atoms with van der Waals surface area (Å²) in [5, 5.41) is 4.09. The highest BCUT2D eigenvalue weighted by atomic mass is 32.2. The van der Waals surface area contributed by atoms with Gasteiger partial charge in [-0.2, -0.15) is 0 Å². The van der Waals surface area contributed by atoms with Gasteiger partial charge in [0.15, 0.2) is 0 Å². The second kappa shape index (κ2) is 11.3. The van der Waals surface area contributed by atoms with Gasteiger partial charge in [-0.3, -0.25) is 0 Å². The molecule has 2 aliphatic heterocycles. The molecule has 1 aliphatic carbocycles. The molecule has 0 atom stereocenters. The summed E-state index contributed by atoms with van der Waals surface area (Å²) in [6, 6.07) is 47.2. The lowest BCUT2D eigenvalue weighted by atomic mass is 9.77. The van der Waals surface area contributed by atoms with Crippen LogP contribution in [0.5, 0.6) is 0 Å². The molecular weight excluding hydrogens is 769 g/mol. The quantitative estimate of drug-likeness (QED) is 0.174. The average molecular weight is 805 g/mol. The van der Waals surface area contributed by atoms with Crippen molar-refractivity contribution in [3.05, 3.63) is 168 Å². The third kappa shape index (κ3) is 4.39. The Bertz CT molecular complexity index is 3640. The third-order valence-electron chi connectivity index (χ3n) is 13.4. The average Bonchev–Trinajstić information content (AvgIpc) is 3.77. The van der Waals surface area contributed by atoms with Crippen LogP contribution in [-0.4, -0.2) is 16.8 Å². The van der Waals surface area contributed by atoms with Gasteiger partial charge in [-0.15, -0.1) is 0 Å². The van der Waals surface area contributed by atoms with Crippen molar-refractivity contribution in [3.8, 4) is 44.5 Å². The monoisotopic (exact) mass is 804 g/mol. The largest absolute Gasteiger partial charge is 0.456 e. The summed E-state index contributed by atoms with van der Waals surface area (Å²) in [5.74, 6) is 0. The van der Waals surface area contributed by atoms with Crippen molar-refractivity contribution < 1.29 is 21.3 Å². The lowest BCUT2D eigenvalue weighted by molar-refractivity contribution is 0.555. The SMILES string of the molecule is CC1(C)c2ccccc2S(=O)(=O)c2cc(-c3ccc4c(c3)oc3cc5c(c(-c6ccc7c(c6)S(=O)(=O)c6ccccc6C7(C)C)c34)-c3cccc4cccc-5c34)ccc21. The first-order chi connectivity index (χ1) is 28.3. The minimum Gasteiger partial charge on any atom is -0.456 e. The van der Waals surface area contributed by atoms with Gasteiger partial charge < -0.3 is 4.42 Å². The van der Waals surface area contributed by atoms with E-state index in [0.717, 1.165) is 82.9 Å². The Balaban J connectivity index is 1.10. The first kappa shape index (κ1) is 34.7. The molecule has 0 radical (unpaired) electrons. The van der Waals surface area contributed by atoms with Crippen molar-refractivity contribution >= 4 is 52.4 Å². The number of sulfone groups is 2. The first-order valence-electron chi connectivity index (χ1n) is 19.8. The van der Waals surface area contributed by atoms with E-state index in [1.54, 1.807) is 30.3 Å². The maximum Gasteiger partial charge on any atom is 0.207 e. The summed E-state index contributed by atoms with van der Waals surface area (Å²) < 4.78 is 64.0. The molecule has 0 fully saturated rings. The maximum atomic E-state index is 14.5. The third-order valence-corrected chi connectivity index (χ3v) is 17.1. The summed E-state index contributed by atoms with van der Waals surface area (Å²) in [6.45, 7) is 8.33. The van der Waals surface area contributed by atoms with E-state index in [1.165, 1.54) is 5.39 Å². The molecule has 7 heteroatoms. The first-order valence-corrected chi connectivity index (χ1v) is 22.8. The molecule has 5 nitrogen and oxygen atoms in total. The fraction of sp³-hybridized carbons (Fsp3) is 0.115. The van der Waals surface area contributed by atoms with Crippen LogP contribution in [0.25, 0.3) is 77.2 Å². The Morgan fingerprint density at radius 2 is 0.932 bits per heavy atom. The van der Waals surface area contributed by atoms with Crippen LogP contribution in [0.4, 0.5) is 0 Å². The number of hydrogen-bond donors (Lipinski definition) is 0. The molecule has 0 saturated carbocycles. The van der Waals surface area contributed by atoms with Gasteiger partial charge in [-0.1, -0.05) is 131 Å². The molecule has 1 aromatic heterocycles. The van der Waals surface area contributed by atoms with E-state index in [4.69, 9.17) is 4.42 Å². The zero-order valence-corrected chi connectivity index (χ0v) is 34.3. The van der Waals surface area contributed by atoms with Crippen LogP contribution in [0.15, 0.2) is 170 Å². The van der Waals surface area contributed by atoms with E-state index < -0.39 is 30.5 Å². The second-order valence-electron chi connectivity index (χ2n) is 17.2.